The van der Waals surface area contributed by atoms with Crippen LogP contribution in [0.1, 0.15) is 16.1 Å². The number of fused-ring (bicyclic) bond motifs is 1. The monoisotopic (exact) mass is 363 g/mol. The second-order valence-corrected chi connectivity index (χ2v) is 7.19. The first-order valence-corrected chi connectivity index (χ1v) is 8.91. The Morgan fingerprint density at radius 3 is 3.12 bits per heavy atom. The third-order valence-corrected chi connectivity index (χ3v) is 5.29. The van der Waals surface area contributed by atoms with Crippen molar-refractivity contribution < 1.29 is 13.6 Å². The van der Waals surface area contributed by atoms with Crippen molar-refractivity contribution >= 4 is 45.0 Å². The van der Waals surface area contributed by atoms with Crippen molar-refractivity contribution in [1.82, 2.24) is 10.2 Å². The van der Waals surface area contributed by atoms with E-state index in [0.29, 0.717) is 21.7 Å². The van der Waals surface area contributed by atoms with Crippen molar-refractivity contribution in [3.63, 3.8) is 0 Å². The topological polar surface area (TPSA) is 68.0 Å². The van der Waals surface area contributed by atoms with Crippen LogP contribution in [0.15, 0.2) is 39.6 Å². The fourth-order valence-corrected chi connectivity index (χ4v) is 3.67. The Labute approximate surface area is 146 Å². The van der Waals surface area contributed by atoms with E-state index >= 15 is 0 Å². The van der Waals surface area contributed by atoms with Gasteiger partial charge in [0.15, 0.2) is 10.1 Å². The Morgan fingerprint density at radius 2 is 2.33 bits per heavy atom. The van der Waals surface area contributed by atoms with Gasteiger partial charge in [0, 0.05) is 16.7 Å². The van der Waals surface area contributed by atoms with E-state index in [1.54, 1.807) is 13.0 Å². The largest absolute Gasteiger partial charge is 0.453 e. The fraction of sp³-hybridized carbons (Fsp3) is 0.188. The third kappa shape index (κ3) is 3.49. The van der Waals surface area contributed by atoms with Gasteiger partial charge in [-0.25, -0.2) is 4.39 Å². The first-order chi connectivity index (χ1) is 11.6. The van der Waals surface area contributed by atoms with Crippen molar-refractivity contribution in [3.8, 4) is 0 Å². The fourth-order valence-electron chi connectivity index (χ4n) is 2.17. The molecule has 1 N–H and O–H groups in total. The van der Waals surface area contributed by atoms with Crippen LogP contribution in [0.25, 0.3) is 11.0 Å². The number of rotatable bonds is 7. The maximum Gasteiger partial charge on any atom is 0.217 e. The molecule has 0 bridgehead atoms. The van der Waals surface area contributed by atoms with E-state index in [9.17, 15) is 9.18 Å². The van der Waals surface area contributed by atoms with Crippen LogP contribution in [0, 0.1) is 12.7 Å². The second-order valence-electron chi connectivity index (χ2n) is 4.95. The van der Waals surface area contributed by atoms with Crippen LogP contribution in [0.4, 0.5) is 9.52 Å². The molecule has 3 aromatic rings. The maximum absolute atomic E-state index is 13.3. The van der Waals surface area contributed by atoms with Crippen molar-refractivity contribution in [2.45, 2.75) is 11.3 Å². The molecular formula is C16H14FN3O2S2. The lowest BCUT2D eigenvalue weighted by Gasteiger charge is -1.99. The quantitative estimate of drug-likeness (QED) is 0.383. The van der Waals surface area contributed by atoms with Crippen LogP contribution < -0.4 is 5.32 Å². The number of hydrogen-bond donors (Lipinski definition) is 1. The summed E-state index contributed by atoms with van der Waals surface area (Å²) in [6.07, 6.45) is 1.79. The number of carbonyl (C=O) groups is 1. The maximum atomic E-state index is 13.3. The molecule has 5 nitrogen and oxygen atoms in total. The smallest absolute Gasteiger partial charge is 0.217 e. The van der Waals surface area contributed by atoms with Crippen molar-refractivity contribution in [3.05, 3.63) is 48.0 Å². The van der Waals surface area contributed by atoms with Gasteiger partial charge in [-0.3, -0.25) is 4.79 Å². The minimum atomic E-state index is -0.359. The number of nitrogens with one attached hydrogen (secondary N) is 1. The molecule has 124 valence electrons. The number of benzene rings is 1. The first kappa shape index (κ1) is 16.7. The van der Waals surface area contributed by atoms with Gasteiger partial charge in [0.1, 0.15) is 11.4 Å². The van der Waals surface area contributed by atoms with Gasteiger partial charge >= 0.3 is 0 Å². The van der Waals surface area contributed by atoms with Crippen LogP contribution in [0.2, 0.25) is 0 Å². The predicted octanol–water partition coefficient (Wildman–Crippen LogP) is 4.30. The molecule has 3 rings (SSSR count). The first-order valence-electron chi connectivity index (χ1n) is 7.11. The molecule has 0 amide bonds. The highest BCUT2D eigenvalue weighted by molar-refractivity contribution is 8.01. The summed E-state index contributed by atoms with van der Waals surface area (Å²) in [5.41, 5.74) is 1.13. The number of aromatic nitrogens is 2. The lowest BCUT2D eigenvalue weighted by molar-refractivity contribution is 0.0981. The summed E-state index contributed by atoms with van der Waals surface area (Å²) in [5, 5.41) is 12.1. The Hall–Kier alpha value is -2.19. The van der Waals surface area contributed by atoms with Gasteiger partial charge < -0.3 is 9.73 Å². The molecule has 1 aromatic carbocycles. The average molecular weight is 363 g/mol. The predicted molar refractivity (Wildman–Crippen MR) is 94.6 cm³/mol. The highest BCUT2D eigenvalue weighted by atomic mass is 32.2. The molecule has 0 unspecified atom stereocenters. The standard InChI is InChI=1S/C16H14FN3O2S2/c1-3-6-23-16-20-19-15(24-16)18-8-12(21)14-9(2)11-7-10(17)4-5-13(11)22-14/h3-5,7H,1,6,8H2,2H3,(H,18,19). The number of halogens is 1. The van der Waals surface area contributed by atoms with Gasteiger partial charge in [-0.2, -0.15) is 0 Å². The van der Waals surface area contributed by atoms with E-state index in [1.807, 2.05) is 0 Å². The van der Waals surface area contributed by atoms with Crippen molar-refractivity contribution in [1.29, 1.82) is 0 Å². The molecule has 0 saturated heterocycles. The van der Waals surface area contributed by atoms with Gasteiger partial charge in [0.2, 0.25) is 10.9 Å². The Kier molecular flexibility index (Phi) is 4.96. The third-order valence-electron chi connectivity index (χ3n) is 3.28. The SMILES string of the molecule is C=CCSc1nnc(NCC(=O)c2oc3ccc(F)cc3c2C)s1. The zero-order valence-corrected chi connectivity index (χ0v) is 14.5. The van der Waals surface area contributed by atoms with Gasteiger partial charge in [0.05, 0.1) is 6.54 Å². The van der Waals surface area contributed by atoms with E-state index in [4.69, 9.17) is 4.42 Å². The van der Waals surface area contributed by atoms with Crippen LogP contribution in [0.3, 0.4) is 0 Å². The highest BCUT2D eigenvalue weighted by Gasteiger charge is 2.18. The van der Waals surface area contributed by atoms with E-state index in [-0.39, 0.29) is 23.9 Å². The van der Waals surface area contributed by atoms with E-state index in [2.05, 4.69) is 22.1 Å². The molecule has 2 heterocycles. The normalized spacial score (nSPS) is 10.9. The average Bonchev–Trinajstić information content (AvgIpc) is 3.16. The van der Waals surface area contributed by atoms with Crippen LogP contribution >= 0.6 is 23.1 Å². The number of thioether (sulfide) groups is 1. The van der Waals surface area contributed by atoms with Crippen molar-refractivity contribution in [2.75, 3.05) is 17.6 Å². The summed E-state index contributed by atoms with van der Waals surface area (Å²) in [6, 6.07) is 4.20. The summed E-state index contributed by atoms with van der Waals surface area (Å²) in [4.78, 5) is 12.4. The number of ketones is 1. The van der Waals surface area contributed by atoms with E-state index in [0.717, 1.165) is 10.1 Å². The zero-order chi connectivity index (χ0) is 17.1. The van der Waals surface area contributed by atoms with Gasteiger partial charge in [-0.05, 0) is 25.1 Å². The number of carbonyl (C=O) groups excluding carboxylic acids is 1. The molecule has 0 radical (unpaired) electrons. The number of Topliss-reactive ketones (excluding diaryl/α,β-unsaturated/α-hetero) is 1. The molecule has 2 aromatic heterocycles. The summed E-state index contributed by atoms with van der Waals surface area (Å²) in [6.45, 7) is 5.42. The number of anilines is 1. The number of aryl methyl sites for hydroxylation is 1. The van der Waals surface area contributed by atoms with Gasteiger partial charge in [-0.15, -0.1) is 16.8 Å². The van der Waals surface area contributed by atoms with E-state index < -0.39 is 0 Å². The molecule has 0 fully saturated rings. The number of nitrogens with zero attached hydrogens (tertiary/aromatic N) is 2. The molecule has 8 heteroatoms. The molecular weight excluding hydrogens is 349 g/mol. The molecule has 0 spiro atoms. The van der Waals surface area contributed by atoms with Crippen molar-refractivity contribution in [2.24, 2.45) is 0 Å². The van der Waals surface area contributed by atoms with Gasteiger partial charge in [-0.1, -0.05) is 29.2 Å². The molecule has 0 aliphatic carbocycles. The molecule has 0 aliphatic heterocycles. The van der Waals surface area contributed by atoms with Crippen LogP contribution in [-0.4, -0.2) is 28.3 Å². The second kappa shape index (κ2) is 7.14. The lowest BCUT2D eigenvalue weighted by Crippen LogP contribution is -2.14. The summed E-state index contributed by atoms with van der Waals surface area (Å²) in [7, 11) is 0. The number of furan rings is 1. The minimum absolute atomic E-state index is 0.0316. The molecule has 24 heavy (non-hydrogen) atoms. The van der Waals surface area contributed by atoms with Gasteiger partial charge in [0.25, 0.3) is 0 Å². The summed E-state index contributed by atoms with van der Waals surface area (Å²) < 4.78 is 19.7. The Balaban J connectivity index is 1.70. The summed E-state index contributed by atoms with van der Waals surface area (Å²) in [5.74, 6) is 0.401. The zero-order valence-electron chi connectivity index (χ0n) is 12.8. The Morgan fingerprint density at radius 1 is 1.50 bits per heavy atom. The minimum Gasteiger partial charge on any atom is -0.453 e. The lowest BCUT2D eigenvalue weighted by atomic mass is 10.1. The highest BCUT2D eigenvalue weighted by Crippen LogP contribution is 2.27. The molecule has 0 aliphatic rings. The van der Waals surface area contributed by atoms with E-state index in [1.165, 1.54) is 41.3 Å². The number of hydrogen-bond acceptors (Lipinski definition) is 7. The Bertz CT molecular complexity index is 904. The van der Waals surface area contributed by atoms with Crippen LogP contribution in [-0.2, 0) is 0 Å². The molecule has 0 atom stereocenters. The molecule has 0 saturated carbocycles. The van der Waals surface area contributed by atoms with Crippen LogP contribution in [0.5, 0.6) is 0 Å². The summed E-state index contributed by atoms with van der Waals surface area (Å²) >= 11 is 2.90.